The number of para-hydroxylation sites is 1. The van der Waals surface area contributed by atoms with Crippen LogP contribution in [0.3, 0.4) is 0 Å². The molecule has 9 nitrogen and oxygen atoms in total. The van der Waals surface area contributed by atoms with Gasteiger partial charge in [-0.2, -0.15) is 0 Å². The Balaban J connectivity index is 1.44. The number of carbonyl (C=O) groups is 1. The molecule has 186 valence electrons. The van der Waals surface area contributed by atoms with Crippen LogP contribution in [0.1, 0.15) is 31.9 Å². The summed E-state index contributed by atoms with van der Waals surface area (Å²) in [5.74, 6) is 1.82. The fourth-order valence-corrected chi connectivity index (χ4v) is 4.29. The van der Waals surface area contributed by atoms with Gasteiger partial charge in [0.05, 0.1) is 37.3 Å². The normalized spacial score (nSPS) is 13.0. The minimum Gasteiger partial charge on any atom is -0.496 e. The lowest BCUT2D eigenvalue weighted by Crippen LogP contribution is -2.33. The number of fused-ring (bicyclic) bond motifs is 2. The molecule has 9 heteroatoms. The lowest BCUT2D eigenvalue weighted by Gasteiger charge is -2.24. The third kappa shape index (κ3) is 4.51. The summed E-state index contributed by atoms with van der Waals surface area (Å²) in [6.45, 7) is 6.51. The highest BCUT2D eigenvalue weighted by Gasteiger charge is 2.29. The van der Waals surface area contributed by atoms with Gasteiger partial charge in [-0.15, -0.1) is 5.10 Å². The smallest absolute Gasteiger partial charge is 0.410 e. The van der Waals surface area contributed by atoms with Gasteiger partial charge in [0, 0.05) is 18.7 Å². The van der Waals surface area contributed by atoms with Crippen molar-refractivity contribution in [3.63, 3.8) is 0 Å². The first-order valence-corrected chi connectivity index (χ1v) is 11.7. The number of amides is 1. The summed E-state index contributed by atoms with van der Waals surface area (Å²) < 4.78 is 18.6. The Morgan fingerprint density at radius 1 is 0.972 bits per heavy atom. The number of benzene rings is 2. The van der Waals surface area contributed by atoms with Crippen LogP contribution in [0.2, 0.25) is 0 Å². The van der Waals surface area contributed by atoms with Crippen molar-refractivity contribution in [3.8, 4) is 22.8 Å². The predicted octanol–water partition coefficient (Wildman–Crippen LogP) is 5.41. The molecule has 1 aliphatic heterocycles. The highest BCUT2D eigenvalue weighted by atomic mass is 16.6. The van der Waals surface area contributed by atoms with E-state index in [9.17, 15) is 4.79 Å². The summed E-state index contributed by atoms with van der Waals surface area (Å²) in [6, 6.07) is 15.7. The molecule has 36 heavy (non-hydrogen) atoms. The maximum atomic E-state index is 12.6. The Kier molecular flexibility index (Phi) is 5.91. The van der Waals surface area contributed by atoms with E-state index in [1.54, 1.807) is 25.3 Å². The number of methoxy groups -OCH3 is 2. The quantitative estimate of drug-likeness (QED) is 0.403. The van der Waals surface area contributed by atoms with Crippen LogP contribution in [-0.2, 0) is 17.8 Å². The van der Waals surface area contributed by atoms with Crippen molar-refractivity contribution in [1.29, 1.82) is 0 Å². The number of hydrogen-bond donors (Lipinski definition) is 1. The van der Waals surface area contributed by atoms with Crippen molar-refractivity contribution >= 4 is 23.2 Å². The number of anilines is 2. The molecule has 0 bridgehead atoms. The second-order valence-electron chi connectivity index (χ2n) is 9.62. The van der Waals surface area contributed by atoms with E-state index in [0.29, 0.717) is 30.5 Å². The topological polar surface area (TPSA) is 90.2 Å². The zero-order valence-electron chi connectivity index (χ0n) is 21.0. The number of rotatable bonds is 5. The number of aromatic nitrogens is 3. The molecule has 3 heterocycles. The van der Waals surface area contributed by atoms with Crippen LogP contribution in [-0.4, -0.2) is 45.4 Å². The summed E-state index contributed by atoms with van der Waals surface area (Å²) in [5, 5.41) is 8.02. The van der Waals surface area contributed by atoms with Crippen LogP contribution in [0, 0.1) is 0 Å². The third-order valence-corrected chi connectivity index (χ3v) is 5.92. The van der Waals surface area contributed by atoms with Gasteiger partial charge in [0.25, 0.3) is 0 Å². The molecule has 4 aromatic rings. The highest BCUT2D eigenvalue weighted by molar-refractivity contribution is 5.73. The Hall–Kier alpha value is -4.27. The van der Waals surface area contributed by atoms with Crippen molar-refractivity contribution in [1.82, 2.24) is 19.5 Å². The number of carbonyl (C=O) groups excluding carboxylic acids is 1. The van der Waals surface area contributed by atoms with E-state index in [4.69, 9.17) is 19.3 Å². The van der Waals surface area contributed by atoms with E-state index in [1.807, 2.05) is 73.8 Å². The maximum Gasteiger partial charge on any atom is 0.410 e. The average Bonchev–Trinajstić information content (AvgIpc) is 3.46. The highest BCUT2D eigenvalue weighted by Crippen LogP contribution is 2.36. The summed E-state index contributed by atoms with van der Waals surface area (Å²) in [6.07, 6.45) is 1.43. The van der Waals surface area contributed by atoms with Crippen molar-refractivity contribution in [2.45, 2.75) is 39.5 Å². The van der Waals surface area contributed by atoms with Crippen molar-refractivity contribution in [3.05, 3.63) is 65.9 Å². The largest absolute Gasteiger partial charge is 0.496 e. The van der Waals surface area contributed by atoms with E-state index in [0.717, 1.165) is 33.7 Å². The van der Waals surface area contributed by atoms with Crippen molar-refractivity contribution in [2.24, 2.45) is 0 Å². The van der Waals surface area contributed by atoms with Gasteiger partial charge in [-0.25, -0.2) is 14.3 Å². The first-order chi connectivity index (χ1) is 17.3. The molecular weight excluding hydrogens is 458 g/mol. The molecule has 2 aromatic heterocycles. The zero-order chi connectivity index (χ0) is 25.4. The lowest BCUT2D eigenvalue weighted by molar-refractivity contribution is 0.0242. The Labute approximate surface area is 209 Å². The standard InChI is InChI=1S/C27H29N5O4/c1-27(2,3)36-26(33)31-15-17-12-21(24(35-5)13-18(17)16-31)29-25-28-14-19-10-11-22(32(19)30-25)20-8-6-7-9-23(20)34-4/h6-14H,15-16H2,1-5H3,(H,29,30). The number of nitrogens with one attached hydrogen (secondary N) is 1. The first kappa shape index (κ1) is 23.5. The van der Waals surface area contributed by atoms with Gasteiger partial charge >= 0.3 is 6.09 Å². The third-order valence-electron chi connectivity index (χ3n) is 5.92. The molecular formula is C27H29N5O4. The second-order valence-corrected chi connectivity index (χ2v) is 9.62. The molecule has 1 N–H and O–H groups in total. The van der Waals surface area contributed by atoms with Crippen LogP contribution >= 0.6 is 0 Å². The Morgan fingerprint density at radius 2 is 1.69 bits per heavy atom. The van der Waals surface area contributed by atoms with E-state index < -0.39 is 5.60 Å². The van der Waals surface area contributed by atoms with Gasteiger partial charge < -0.3 is 19.5 Å². The van der Waals surface area contributed by atoms with E-state index in [2.05, 4.69) is 10.3 Å². The molecule has 0 unspecified atom stereocenters. The minimum atomic E-state index is -0.548. The van der Waals surface area contributed by atoms with Crippen molar-refractivity contribution in [2.75, 3.05) is 19.5 Å². The molecule has 0 aliphatic carbocycles. The van der Waals surface area contributed by atoms with Crippen LogP contribution in [0.4, 0.5) is 16.4 Å². The molecule has 0 atom stereocenters. The maximum absolute atomic E-state index is 12.6. The molecule has 1 aliphatic rings. The number of ether oxygens (including phenoxy) is 3. The molecule has 0 radical (unpaired) electrons. The fourth-order valence-electron chi connectivity index (χ4n) is 4.29. The zero-order valence-corrected chi connectivity index (χ0v) is 21.0. The predicted molar refractivity (Wildman–Crippen MR) is 137 cm³/mol. The van der Waals surface area contributed by atoms with Gasteiger partial charge in [-0.3, -0.25) is 4.90 Å². The van der Waals surface area contributed by atoms with E-state index in [-0.39, 0.29) is 6.09 Å². The molecule has 2 aromatic carbocycles. The first-order valence-electron chi connectivity index (χ1n) is 11.7. The second kappa shape index (κ2) is 9.07. The molecule has 1 amide bonds. The summed E-state index contributed by atoms with van der Waals surface area (Å²) in [7, 11) is 3.27. The van der Waals surface area contributed by atoms with E-state index in [1.165, 1.54) is 0 Å². The summed E-state index contributed by atoms with van der Waals surface area (Å²) in [4.78, 5) is 18.7. The van der Waals surface area contributed by atoms with E-state index >= 15 is 0 Å². The summed E-state index contributed by atoms with van der Waals surface area (Å²) >= 11 is 0. The van der Waals surface area contributed by atoms with Crippen LogP contribution in [0.5, 0.6) is 11.5 Å². The Bertz CT molecular complexity index is 1440. The average molecular weight is 488 g/mol. The Morgan fingerprint density at radius 3 is 2.42 bits per heavy atom. The van der Waals surface area contributed by atoms with Crippen LogP contribution < -0.4 is 14.8 Å². The van der Waals surface area contributed by atoms with Gasteiger partial charge in [0.1, 0.15) is 17.1 Å². The lowest BCUT2D eigenvalue weighted by atomic mass is 10.1. The molecule has 5 rings (SSSR count). The molecule has 0 saturated heterocycles. The minimum absolute atomic E-state index is 0.336. The van der Waals surface area contributed by atoms with Gasteiger partial charge in [0.2, 0.25) is 5.95 Å². The van der Waals surface area contributed by atoms with Gasteiger partial charge in [-0.1, -0.05) is 12.1 Å². The molecule has 0 spiro atoms. The summed E-state index contributed by atoms with van der Waals surface area (Å²) in [5.41, 5.74) is 4.88. The van der Waals surface area contributed by atoms with Crippen LogP contribution in [0.25, 0.3) is 16.8 Å². The monoisotopic (exact) mass is 487 g/mol. The fraction of sp³-hybridized carbons (Fsp3) is 0.296. The van der Waals surface area contributed by atoms with Crippen molar-refractivity contribution < 1.29 is 19.0 Å². The molecule has 0 saturated carbocycles. The van der Waals surface area contributed by atoms with Gasteiger partial charge in [-0.05, 0) is 68.3 Å². The number of nitrogens with zero attached hydrogens (tertiary/aromatic N) is 4. The number of hydrogen-bond acceptors (Lipinski definition) is 7. The van der Waals surface area contributed by atoms with Gasteiger partial charge in [0.15, 0.2) is 0 Å². The SMILES string of the molecule is COc1cc2c(cc1Nc1ncc3ccc(-c4ccccc4OC)n3n1)CN(C(=O)OC(C)(C)C)C2. The van der Waals surface area contributed by atoms with Crippen LogP contribution in [0.15, 0.2) is 54.7 Å². The molecule has 0 fully saturated rings.